The number of ether oxygens (including phenoxy) is 1. The van der Waals surface area contributed by atoms with Crippen molar-refractivity contribution < 1.29 is 9.84 Å². The number of aryl methyl sites for hydroxylation is 1. The van der Waals surface area contributed by atoms with E-state index in [4.69, 9.17) is 4.74 Å². The molecule has 0 saturated carbocycles. The van der Waals surface area contributed by atoms with Crippen LogP contribution in [0.2, 0.25) is 0 Å². The molecule has 1 N–H and O–H groups in total. The number of piperidine rings is 1. The number of aliphatic hydroxyl groups excluding tert-OH is 1. The van der Waals surface area contributed by atoms with Crippen molar-refractivity contribution in [3.05, 3.63) is 40.8 Å². The largest absolute Gasteiger partial charge is 0.481 e. The molecule has 0 aliphatic carbocycles. The lowest BCUT2D eigenvalue weighted by atomic mass is 10.1. The number of aromatic nitrogens is 3. The molecule has 1 unspecified atom stereocenters. The number of pyridine rings is 1. The SMILES string of the molecule is COc1ccc2c(n1)n1cccc1c(=O)n2CCCN1CCCC(O)C1. The Hall–Kier alpha value is -2.38. The predicted molar refractivity (Wildman–Crippen MR) is 99.8 cm³/mol. The molecule has 1 aliphatic rings. The Morgan fingerprint density at radius 1 is 1.27 bits per heavy atom. The summed E-state index contributed by atoms with van der Waals surface area (Å²) in [6.07, 6.45) is 4.40. The van der Waals surface area contributed by atoms with Crippen molar-refractivity contribution in [1.82, 2.24) is 18.9 Å². The zero-order chi connectivity index (χ0) is 18.1. The highest BCUT2D eigenvalue weighted by Gasteiger charge is 2.17. The standard InChI is InChI=1S/C19H24N4O3/c1-26-17-8-7-15-18(20-17)22-11-3-6-16(22)19(25)23(15)12-4-10-21-9-2-5-14(24)13-21/h3,6-8,11,14,24H,2,4-5,9-10,12-13H2,1H3. The third kappa shape index (κ3) is 3.08. The summed E-state index contributed by atoms with van der Waals surface area (Å²) >= 11 is 0. The van der Waals surface area contributed by atoms with Crippen LogP contribution in [0.1, 0.15) is 19.3 Å². The number of likely N-dealkylation sites (tertiary alicyclic amines) is 1. The summed E-state index contributed by atoms with van der Waals surface area (Å²) in [5.74, 6) is 0.528. The van der Waals surface area contributed by atoms with Gasteiger partial charge in [-0.25, -0.2) is 0 Å². The van der Waals surface area contributed by atoms with Gasteiger partial charge in [-0.3, -0.25) is 9.20 Å². The van der Waals surface area contributed by atoms with E-state index < -0.39 is 0 Å². The van der Waals surface area contributed by atoms with Crippen molar-refractivity contribution in [2.45, 2.75) is 31.9 Å². The van der Waals surface area contributed by atoms with Gasteiger partial charge in [0.1, 0.15) is 5.52 Å². The molecule has 3 aromatic heterocycles. The fourth-order valence-corrected chi connectivity index (χ4v) is 3.82. The second kappa shape index (κ2) is 7.09. The van der Waals surface area contributed by atoms with E-state index in [0.29, 0.717) is 17.9 Å². The van der Waals surface area contributed by atoms with Gasteiger partial charge in [0.15, 0.2) is 5.65 Å². The van der Waals surface area contributed by atoms with E-state index in [-0.39, 0.29) is 11.7 Å². The third-order valence-corrected chi connectivity index (χ3v) is 5.11. The zero-order valence-corrected chi connectivity index (χ0v) is 15.0. The number of rotatable bonds is 5. The summed E-state index contributed by atoms with van der Waals surface area (Å²) < 4.78 is 8.87. The Bertz CT molecular complexity index is 978. The van der Waals surface area contributed by atoms with E-state index in [2.05, 4.69) is 9.88 Å². The van der Waals surface area contributed by atoms with Crippen LogP contribution in [-0.2, 0) is 6.54 Å². The van der Waals surface area contributed by atoms with Gasteiger partial charge >= 0.3 is 0 Å². The summed E-state index contributed by atoms with van der Waals surface area (Å²) in [4.78, 5) is 19.7. The smallest absolute Gasteiger partial charge is 0.275 e. The van der Waals surface area contributed by atoms with Gasteiger partial charge < -0.3 is 19.3 Å². The van der Waals surface area contributed by atoms with E-state index in [1.165, 1.54) is 0 Å². The maximum atomic E-state index is 12.9. The number of methoxy groups -OCH3 is 1. The van der Waals surface area contributed by atoms with Crippen LogP contribution in [0.25, 0.3) is 16.7 Å². The Labute approximate surface area is 151 Å². The van der Waals surface area contributed by atoms with Crippen molar-refractivity contribution >= 4 is 16.7 Å². The van der Waals surface area contributed by atoms with Crippen LogP contribution in [0, 0.1) is 0 Å². The molecule has 3 aromatic rings. The molecule has 0 bridgehead atoms. The van der Waals surface area contributed by atoms with Crippen LogP contribution in [0.3, 0.4) is 0 Å². The molecular weight excluding hydrogens is 332 g/mol. The van der Waals surface area contributed by atoms with Gasteiger partial charge in [-0.15, -0.1) is 0 Å². The lowest BCUT2D eigenvalue weighted by molar-refractivity contribution is 0.0695. The molecule has 1 fully saturated rings. The Morgan fingerprint density at radius 2 is 2.15 bits per heavy atom. The lowest BCUT2D eigenvalue weighted by Gasteiger charge is -2.30. The van der Waals surface area contributed by atoms with Gasteiger partial charge in [0.25, 0.3) is 5.56 Å². The van der Waals surface area contributed by atoms with Gasteiger partial charge in [0.05, 0.1) is 18.7 Å². The predicted octanol–water partition coefficient (Wildman–Crippen LogP) is 1.50. The molecule has 0 spiro atoms. The molecule has 1 atom stereocenters. The quantitative estimate of drug-likeness (QED) is 0.750. The minimum absolute atomic E-state index is 0.00635. The van der Waals surface area contributed by atoms with E-state index in [0.717, 1.165) is 50.1 Å². The van der Waals surface area contributed by atoms with Crippen molar-refractivity contribution in [1.29, 1.82) is 0 Å². The van der Waals surface area contributed by atoms with Crippen molar-refractivity contribution in [3.63, 3.8) is 0 Å². The number of aliphatic hydroxyl groups is 1. The molecule has 7 nitrogen and oxygen atoms in total. The van der Waals surface area contributed by atoms with Crippen LogP contribution < -0.4 is 10.3 Å². The summed E-state index contributed by atoms with van der Waals surface area (Å²) in [5.41, 5.74) is 2.13. The molecule has 4 heterocycles. The normalized spacial score (nSPS) is 18.6. The lowest BCUT2D eigenvalue weighted by Crippen LogP contribution is -2.39. The fraction of sp³-hybridized carbons (Fsp3) is 0.474. The van der Waals surface area contributed by atoms with E-state index in [1.54, 1.807) is 17.7 Å². The average molecular weight is 356 g/mol. The van der Waals surface area contributed by atoms with Crippen LogP contribution >= 0.6 is 0 Å². The summed E-state index contributed by atoms with van der Waals surface area (Å²) in [5, 5.41) is 9.81. The second-order valence-electron chi connectivity index (χ2n) is 6.87. The number of hydrogen-bond donors (Lipinski definition) is 1. The molecule has 1 aliphatic heterocycles. The molecule has 4 rings (SSSR count). The van der Waals surface area contributed by atoms with E-state index in [1.807, 2.05) is 28.8 Å². The Kier molecular flexibility index (Phi) is 4.65. The topological polar surface area (TPSA) is 72.0 Å². The zero-order valence-electron chi connectivity index (χ0n) is 15.0. The number of nitrogens with zero attached hydrogens (tertiary/aromatic N) is 4. The van der Waals surface area contributed by atoms with Gasteiger partial charge in [-0.05, 0) is 50.6 Å². The number of fused-ring (bicyclic) bond motifs is 3. The molecule has 7 heteroatoms. The molecule has 0 aromatic carbocycles. The maximum absolute atomic E-state index is 12.9. The molecule has 138 valence electrons. The average Bonchev–Trinajstić information content (AvgIpc) is 3.14. The van der Waals surface area contributed by atoms with E-state index >= 15 is 0 Å². The highest BCUT2D eigenvalue weighted by molar-refractivity contribution is 5.75. The first-order valence-corrected chi connectivity index (χ1v) is 9.12. The Balaban J connectivity index is 1.64. The molecule has 26 heavy (non-hydrogen) atoms. The van der Waals surface area contributed by atoms with Crippen LogP contribution in [-0.4, -0.2) is 56.8 Å². The van der Waals surface area contributed by atoms with Gasteiger partial charge in [0, 0.05) is 25.4 Å². The van der Waals surface area contributed by atoms with Crippen LogP contribution in [0.4, 0.5) is 0 Å². The summed E-state index contributed by atoms with van der Waals surface area (Å²) in [6, 6.07) is 7.36. The minimum atomic E-state index is -0.221. The molecule has 0 amide bonds. The highest BCUT2D eigenvalue weighted by Crippen LogP contribution is 2.18. The summed E-state index contributed by atoms with van der Waals surface area (Å²) in [7, 11) is 1.59. The minimum Gasteiger partial charge on any atom is -0.481 e. The summed E-state index contributed by atoms with van der Waals surface area (Å²) in [6.45, 7) is 3.24. The Morgan fingerprint density at radius 3 is 2.96 bits per heavy atom. The maximum Gasteiger partial charge on any atom is 0.275 e. The monoisotopic (exact) mass is 356 g/mol. The third-order valence-electron chi connectivity index (χ3n) is 5.11. The molecule has 1 saturated heterocycles. The molecular formula is C19H24N4O3. The second-order valence-corrected chi connectivity index (χ2v) is 6.87. The van der Waals surface area contributed by atoms with Crippen molar-refractivity contribution in [2.24, 2.45) is 0 Å². The van der Waals surface area contributed by atoms with Crippen LogP contribution in [0.5, 0.6) is 5.88 Å². The van der Waals surface area contributed by atoms with Gasteiger partial charge in [0.2, 0.25) is 5.88 Å². The first-order chi connectivity index (χ1) is 12.7. The fourth-order valence-electron chi connectivity index (χ4n) is 3.82. The van der Waals surface area contributed by atoms with Crippen molar-refractivity contribution in [2.75, 3.05) is 26.7 Å². The first-order valence-electron chi connectivity index (χ1n) is 9.12. The number of β-amino-alcohol motifs (C(OH)–C–C–N with tert-alkyl or cyclic N) is 1. The van der Waals surface area contributed by atoms with Gasteiger partial charge in [-0.2, -0.15) is 4.98 Å². The van der Waals surface area contributed by atoms with Crippen molar-refractivity contribution in [3.8, 4) is 5.88 Å². The van der Waals surface area contributed by atoms with Gasteiger partial charge in [-0.1, -0.05) is 0 Å². The van der Waals surface area contributed by atoms with E-state index in [9.17, 15) is 9.90 Å². The van der Waals surface area contributed by atoms with Crippen LogP contribution in [0.15, 0.2) is 35.3 Å². The highest BCUT2D eigenvalue weighted by atomic mass is 16.5. The number of hydrogen-bond acceptors (Lipinski definition) is 5. The first kappa shape index (κ1) is 17.1. The molecule has 0 radical (unpaired) electrons.